The molecule has 2 aromatic rings. The van der Waals surface area contributed by atoms with Crippen molar-refractivity contribution < 1.29 is 26.9 Å². The van der Waals surface area contributed by atoms with E-state index in [1.165, 1.54) is 12.1 Å². The average molecular weight is 494 g/mol. The van der Waals surface area contributed by atoms with Gasteiger partial charge in [-0.3, -0.25) is 9.59 Å². The number of aromatic nitrogens is 2. The van der Waals surface area contributed by atoms with E-state index in [-0.39, 0.29) is 53.1 Å². The Hall–Kier alpha value is -3.02. The summed E-state index contributed by atoms with van der Waals surface area (Å²) < 4.78 is 44.2. The minimum Gasteiger partial charge on any atom is -0.361 e. The third-order valence-corrected chi connectivity index (χ3v) is 7.39. The van der Waals surface area contributed by atoms with E-state index in [2.05, 4.69) is 20.8 Å². The molecule has 3 heterocycles. The number of hydrogen-bond acceptors (Lipinski definition) is 8. The first-order valence-corrected chi connectivity index (χ1v) is 13.1. The topological polar surface area (TPSA) is 134 Å². The molecule has 2 aliphatic heterocycles. The molecule has 0 bridgehead atoms. The Morgan fingerprint density at radius 3 is 2.71 bits per heavy atom. The number of likely N-dealkylation sites (tertiary alicyclic amines) is 1. The lowest BCUT2D eigenvalue weighted by molar-refractivity contribution is -0.145. The Labute approximate surface area is 197 Å². The largest absolute Gasteiger partial charge is 0.361 e. The van der Waals surface area contributed by atoms with Crippen molar-refractivity contribution >= 4 is 27.3 Å². The second-order valence-electron chi connectivity index (χ2n) is 9.16. The molecule has 0 unspecified atom stereocenters. The van der Waals surface area contributed by atoms with Gasteiger partial charge in [0.1, 0.15) is 5.82 Å². The summed E-state index contributed by atoms with van der Waals surface area (Å²) in [5.41, 5.74) is -1.62. The van der Waals surface area contributed by atoms with E-state index < -0.39 is 21.2 Å². The Bertz CT molecular complexity index is 1210. The Morgan fingerprint density at radius 1 is 1.32 bits per heavy atom. The van der Waals surface area contributed by atoms with Crippen LogP contribution in [0.15, 0.2) is 27.6 Å². The second-order valence-corrected chi connectivity index (χ2v) is 11.2. The van der Waals surface area contributed by atoms with Gasteiger partial charge in [0.15, 0.2) is 21.2 Å². The van der Waals surface area contributed by atoms with Crippen LogP contribution in [-0.4, -0.2) is 60.7 Å². The van der Waals surface area contributed by atoms with E-state index in [1.54, 1.807) is 4.90 Å². The van der Waals surface area contributed by atoms with E-state index in [9.17, 15) is 18.0 Å². The normalized spacial score (nSPS) is 23.8. The molecule has 0 saturated carbocycles. The molecule has 0 radical (unpaired) electrons. The molecule has 1 aromatic heterocycles. The Balaban J connectivity index is 1.76. The van der Waals surface area contributed by atoms with Crippen LogP contribution in [0.5, 0.6) is 0 Å². The maximum atomic E-state index is 15.0. The van der Waals surface area contributed by atoms with E-state index >= 15 is 4.39 Å². The Kier molecular flexibility index (Phi) is 6.36. The Morgan fingerprint density at radius 2 is 2.09 bits per heavy atom. The number of benzene rings is 1. The maximum absolute atomic E-state index is 15.0. The van der Waals surface area contributed by atoms with E-state index in [0.717, 1.165) is 12.3 Å². The molecule has 34 heavy (non-hydrogen) atoms. The molecule has 2 atom stereocenters. The number of amides is 2. The van der Waals surface area contributed by atoms with Crippen LogP contribution in [0.1, 0.15) is 57.2 Å². The van der Waals surface area contributed by atoms with E-state index in [0.29, 0.717) is 31.8 Å². The van der Waals surface area contributed by atoms with Crippen LogP contribution < -0.4 is 10.6 Å². The zero-order valence-electron chi connectivity index (χ0n) is 19.3. The van der Waals surface area contributed by atoms with Gasteiger partial charge in [0, 0.05) is 37.7 Å². The number of hydrogen-bond donors (Lipinski definition) is 2. The van der Waals surface area contributed by atoms with Crippen molar-refractivity contribution in [3.63, 3.8) is 0 Å². The number of carbonyl (C=O) groups is 2. The van der Waals surface area contributed by atoms with Gasteiger partial charge in [-0.05, 0) is 37.5 Å². The number of halogens is 1. The quantitative estimate of drug-likeness (QED) is 0.624. The molecule has 12 heteroatoms. The lowest BCUT2D eigenvalue weighted by atomic mass is 9.85. The summed E-state index contributed by atoms with van der Waals surface area (Å²) in [6.07, 6.45) is 2.59. The molecule has 2 saturated heterocycles. The SMILES string of the molecule is CC(C)c1noc([C@]2(Nc3ccc(S(C)(=O)=O)cc3F)CCCN([C@H]3CCNC(=O)C3)C2=O)n1. The summed E-state index contributed by atoms with van der Waals surface area (Å²) in [4.78, 5) is 31.8. The molecule has 1 aromatic carbocycles. The summed E-state index contributed by atoms with van der Waals surface area (Å²) in [5.74, 6) is -0.978. The lowest BCUT2D eigenvalue weighted by Gasteiger charge is -2.44. The molecule has 184 valence electrons. The van der Waals surface area contributed by atoms with Crippen molar-refractivity contribution in [3.05, 3.63) is 35.7 Å². The number of anilines is 1. The van der Waals surface area contributed by atoms with Crippen molar-refractivity contribution in [3.8, 4) is 0 Å². The first kappa shape index (κ1) is 24.1. The second kappa shape index (κ2) is 8.97. The van der Waals surface area contributed by atoms with E-state index in [4.69, 9.17) is 4.52 Å². The molecule has 2 amide bonds. The number of sulfone groups is 1. The van der Waals surface area contributed by atoms with Crippen LogP contribution in [0.25, 0.3) is 0 Å². The van der Waals surface area contributed by atoms with Crippen LogP contribution in [0.3, 0.4) is 0 Å². The van der Waals surface area contributed by atoms with Crippen LogP contribution in [0, 0.1) is 5.82 Å². The highest BCUT2D eigenvalue weighted by Crippen LogP contribution is 2.38. The first-order valence-electron chi connectivity index (χ1n) is 11.2. The molecule has 0 spiro atoms. The average Bonchev–Trinajstić information content (AvgIpc) is 3.27. The predicted octanol–water partition coefficient (Wildman–Crippen LogP) is 1.94. The predicted molar refractivity (Wildman–Crippen MR) is 120 cm³/mol. The summed E-state index contributed by atoms with van der Waals surface area (Å²) in [6, 6.07) is 3.17. The highest BCUT2D eigenvalue weighted by atomic mass is 32.2. The van der Waals surface area contributed by atoms with Crippen LogP contribution >= 0.6 is 0 Å². The standard InChI is InChI=1S/C22H28FN5O5S/c1-13(2)19-25-20(33-27-19)22(26-17-6-5-15(12-16(17)23)34(3,31)32)8-4-10-28(21(22)30)14-7-9-24-18(29)11-14/h5-6,12-14,26H,4,7-11H2,1-3H3,(H,24,29)/t14-,22+/m0/s1. The summed E-state index contributed by atoms with van der Waals surface area (Å²) in [6.45, 7) is 4.68. The number of carbonyl (C=O) groups excluding carboxylic acids is 2. The van der Waals surface area contributed by atoms with Gasteiger partial charge in [0.25, 0.3) is 11.8 Å². The van der Waals surface area contributed by atoms with Gasteiger partial charge < -0.3 is 20.1 Å². The zero-order chi connectivity index (χ0) is 24.7. The number of nitrogens with zero attached hydrogens (tertiary/aromatic N) is 3. The van der Waals surface area contributed by atoms with Gasteiger partial charge in [-0.1, -0.05) is 19.0 Å². The highest BCUT2D eigenvalue weighted by Gasteiger charge is 2.52. The summed E-state index contributed by atoms with van der Waals surface area (Å²) in [7, 11) is -3.61. The molecule has 2 aliphatic rings. The molecular formula is C22H28FN5O5S. The number of nitrogens with one attached hydrogen (secondary N) is 2. The van der Waals surface area contributed by atoms with Crippen molar-refractivity contribution in [2.45, 2.75) is 61.9 Å². The summed E-state index contributed by atoms with van der Waals surface area (Å²) >= 11 is 0. The van der Waals surface area contributed by atoms with Gasteiger partial charge in [0.05, 0.1) is 10.6 Å². The van der Waals surface area contributed by atoms with Gasteiger partial charge in [-0.2, -0.15) is 4.98 Å². The smallest absolute Gasteiger partial charge is 0.262 e. The lowest BCUT2D eigenvalue weighted by Crippen LogP contribution is -2.60. The minimum absolute atomic E-state index is 0.0118. The van der Waals surface area contributed by atoms with Gasteiger partial charge in [-0.15, -0.1) is 0 Å². The van der Waals surface area contributed by atoms with Crippen molar-refractivity contribution in [2.75, 3.05) is 24.7 Å². The summed E-state index contributed by atoms with van der Waals surface area (Å²) in [5, 5.41) is 9.75. The molecule has 10 nitrogen and oxygen atoms in total. The number of piperidine rings is 2. The van der Waals surface area contributed by atoms with Crippen LogP contribution in [-0.2, 0) is 25.0 Å². The molecular weight excluding hydrogens is 465 g/mol. The maximum Gasteiger partial charge on any atom is 0.262 e. The van der Waals surface area contributed by atoms with Crippen molar-refractivity contribution in [2.24, 2.45) is 0 Å². The van der Waals surface area contributed by atoms with Crippen LogP contribution in [0.2, 0.25) is 0 Å². The zero-order valence-corrected chi connectivity index (χ0v) is 20.1. The number of rotatable bonds is 6. The van der Waals surface area contributed by atoms with Gasteiger partial charge in [-0.25, -0.2) is 12.8 Å². The first-order chi connectivity index (χ1) is 16.0. The van der Waals surface area contributed by atoms with Gasteiger partial charge in [0.2, 0.25) is 5.91 Å². The fraction of sp³-hybridized carbons (Fsp3) is 0.545. The minimum atomic E-state index is -3.61. The van der Waals surface area contributed by atoms with Gasteiger partial charge >= 0.3 is 0 Å². The fourth-order valence-electron chi connectivity index (χ4n) is 4.42. The molecule has 4 rings (SSSR count). The van der Waals surface area contributed by atoms with Crippen LogP contribution in [0.4, 0.5) is 10.1 Å². The van der Waals surface area contributed by atoms with Crippen molar-refractivity contribution in [1.29, 1.82) is 0 Å². The van der Waals surface area contributed by atoms with Crippen molar-refractivity contribution in [1.82, 2.24) is 20.4 Å². The fourth-order valence-corrected chi connectivity index (χ4v) is 5.05. The monoisotopic (exact) mass is 493 g/mol. The third kappa shape index (κ3) is 4.50. The molecule has 2 fully saturated rings. The van der Waals surface area contributed by atoms with E-state index in [1.807, 2.05) is 13.8 Å². The third-order valence-electron chi connectivity index (χ3n) is 6.28. The molecule has 0 aliphatic carbocycles. The highest BCUT2D eigenvalue weighted by molar-refractivity contribution is 7.90. The molecule has 2 N–H and O–H groups in total.